The molecule has 2 fully saturated rings. The Kier molecular flexibility index (Phi) is 4.32. The minimum absolute atomic E-state index is 0.269. The standard InChI is InChI=1S/C17H26N4O/c1-12(2)15-11-20(16-6-8-18-13(3)19-16)9-7-17(22)21(15)10-14-4-5-14/h6,8,12,14-15H,4-5,7,9-11H2,1-3H3/t15-/m0/s1. The summed E-state index contributed by atoms with van der Waals surface area (Å²) in [7, 11) is 0. The van der Waals surface area contributed by atoms with Gasteiger partial charge in [0.25, 0.3) is 0 Å². The highest BCUT2D eigenvalue weighted by atomic mass is 16.2. The van der Waals surface area contributed by atoms with E-state index in [1.165, 1.54) is 12.8 Å². The molecule has 1 aliphatic heterocycles. The van der Waals surface area contributed by atoms with Crippen molar-refractivity contribution in [2.24, 2.45) is 11.8 Å². The van der Waals surface area contributed by atoms with Gasteiger partial charge in [-0.2, -0.15) is 0 Å². The summed E-state index contributed by atoms with van der Waals surface area (Å²) in [6.45, 7) is 8.90. The Morgan fingerprint density at radius 1 is 1.36 bits per heavy atom. The molecule has 0 spiro atoms. The fraction of sp³-hybridized carbons (Fsp3) is 0.706. The maximum atomic E-state index is 12.6. The predicted molar refractivity (Wildman–Crippen MR) is 86.7 cm³/mol. The van der Waals surface area contributed by atoms with Crippen LogP contribution in [0.15, 0.2) is 12.3 Å². The fourth-order valence-electron chi connectivity index (χ4n) is 3.19. The van der Waals surface area contributed by atoms with E-state index < -0.39 is 0 Å². The van der Waals surface area contributed by atoms with E-state index in [9.17, 15) is 4.79 Å². The molecule has 0 bridgehead atoms. The summed E-state index contributed by atoms with van der Waals surface area (Å²) in [6.07, 6.45) is 4.95. The smallest absolute Gasteiger partial charge is 0.224 e. The Labute approximate surface area is 132 Å². The van der Waals surface area contributed by atoms with Crippen molar-refractivity contribution in [3.8, 4) is 0 Å². The van der Waals surface area contributed by atoms with Crippen molar-refractivity contribution in [3.05, 3.63) is 18.1 Å². The average Bonchev–Trinajstić information content (AvgIpc) is 3.29. The Bertz CT molecular complexity index is 541. The Balaban J connectivity index is 1.82. The molecular formula is C17H26N4O. The number of rotatable bonds is 4. The van der Waals surface area contributed by atoms with Gasteiger partial charge in [-0.3, -0.25) is 4.79 Å². The molecule has 2 heterocycles. The van der Waals surface area contributed by atoms with E-state index in [0.717, 1.165) is 37.2 Å². The lowest BCUT2D eigenvalue weighted by molar-refractivity contribution is -0.133. The van der Waals surface area contributed by atoms with Gasteiger partial charge in [-0.15, -0.1) is 0 Å². The monoisotopic (exact) mass is 302 g/mol. The number of anilines is 1. The minimum Gasteiger partial charge on any atom is -0.354 e. The molecule has 22 heavy (non-hydrogen) atoms. The minimum atomic E-state index is 0.269. The van der Waals surface area contributed by atoms with Crippen LogP contribution in [0.1, 0.15) is 38.9 Å². The van der Waals surface area contributed by atoms with E-state index in [1.807, 2.05) is 13.0 Å². The molecule has 120 valence electrons. The van der Waals surface area contributed by atoms with Crippen molar-refractivity contribution in [2.75, 3.05) is 24.5 Å². The lowest BCUT2D eigenvalue weighted by atomic mass is 10.0. The number of carbonyl (C=O) groups excluding carboxylic acids is 1. The maximum Gasteiger partial charge on any atom is 0.224 e. The molecule has 0 radical (unpaired) electrons. The lowest BCUT2D eigenvalue weighted by Gasteiger charge is -2.35. The topological polar surface area (TPSA) is 49.3 Å². The van der Waals surface area contributed by atoms with Crippen LogP contribution in [-0.4, -0.2) is 46.5 Å². The number of aromatic nitrogens is 2. The second kappa shape index (κ2) is 6.23. The van der Waals surface area contributed by atoms with Gasteiger partial charge in [0.1, 0.15) is 11.6 Å². The summed E-state index contributed by atoms with van der Waals surface area (Å²) in [4.78, 5) is 25.7. The van der Waals surface area contributed by atoms with Crippen molar-refractivity contribution in [3.63, 3.8) is 0 Å². The summed E-state index contributed by atoms with van der Waals surface area (Å²) < 4.78 is 0. The lowest BCUT2D eigenvalue weighted by Crippen LogP contribution is -2.47. The SMILES string of the molecule is Cc1nccc(N2CCC(=O)N(CC3CC3)[C@H](C(C)C)C2)n1. The second-order valence-electron chi connectivity index (χ2n) is 6.96. The number of hydrogen-bond donors (Lipinski definition) is 0. The van der Waals surface area contributed by atoms with Crippen LogP contribution in [0.4, 0.5) is 5.82 Å². The Morgan fingerprint density at radius 2 is 2.14 bits per heavy atom. The average molecular weight is 302 g/mol. The largest absolute Gasteiger partial charge is 0.354 e. The van der Waals surface area contributed by atoms with Gasteiger partial charge in [0.15, 0.2) is 0 Å². The molecular weight excluding hydrogens is 276 g/mol. The van der Waals surface area contributed by atoms with Crippen LogP contribution in [0.25, 0.3) is 0 Å². The third kappa shape index (κ3) is 3.39. The highest BCUT2D eigenvalue weighted by Crippen LogP contribution is 2.32. The molecule has 5 nitrogen and oxygen atoms in total. The van der Waals surface area contributed by atoms with Gasteiger partial charge >= 0.3 is 0 Å². The summed E-state index contributed by atoms with van der Waals surface area (Å²) in [5, 5.41) is 0. The van der Waals surface area contributed by atoms with Gasteiger partial charge in [-0.25, -0.2) is 9.97 Å². The Morgan fingerprint density at radius 3 is 2.77 bits per heavy atom. The van der Waals surface area contributed by atoms with Crippen LogP contribution >= 0.6 is 0 Å². The first-order valence-electron chi connectivity index (χ1n) is 8.38. The van der Waals surface area contributed by atoms with Crippen molar-refractivity contribution in [2.45, 2.75) is 46.1 Å². The fourth-order valence-corrected chi connectivity index (χ4v) is 3.19. The number of carbonyl (C=O) groups is 1. The summed E-state index contributed by atoms with van der Waals surface area (Å²) in [6, 6.07) is 2.22. The zero-order valence-electron chi connectivity index (χ0n) is 13.8. The summed E-state index contributed by atoms with van der Waals surface area (Å²) >= 11 is 0. The number of amides is 1. The highest BCUT2D eigenvalue weighted by molar-refractivity contribution is 5.78. The van der Waals surface area contributed by atoms with Crippen molar-refractivity contribution >= 4 is 11.7 Å². The van der Waals surface area contributed by atoms with Gasteiger partial charge in [0.2, 0.25) is 5.91 Å². The van der Waals surface area contributed by atoms with E-state index in [4.69, 9.17) is 0 Å². The van der Waals surface area contributed by atoms with Crippen molar-refractivity contribution < 1.29 is 4.79 Å². The molecule has 1 amide bonds. The molecule has 1 saturated heterocycles. The second-order valence-corrected chi connectivity index (χ2v) is 6.96. The Hall–Kier alpha value is -1.65. The van der Waals surface area contributed by atoms with Gasteiger partial charge in [-0.1, -0.05) is 13.8 Å². The first-order valence-corrected chi connectivity index (χ1v) is 8.38. The normalized spacial score (nSPS) is 23.1. The van der Waals surface area contributed by atoms with Gasteiger partial charge in [0.05, 0.1) is 6.04 Å². The molecule has 1 aliphatic carbocycles. The molecule has 0 N–H and O–H groups in total. The molecule has 2 aliphatic rings. The molecule has 0 unspecified atom stereocenters. The van der Waals surface area contributed by atoms with E-state index in [1.54, 1.807) is 6.20 Å². The molecule has 0 aromatic carbocycles. The van der Waals surface area contributed by atoms with Crippen LogP contribution in [0.2, 0.25) is 0 Å². The van der Waals surface area contributed by atoms with Gasteiger partial charge in [0, 0.05) is 32.3 Å². The maximum absolute atomic E-state index is 12.6. The molecule has 3 rings (SSSR count). The molecule has 1 aromatic rings. The van der Waals surface area contributed by atoms with Crippen LogP contribution in [0.5, 0.6) is 0 Å². The molecule has 1 saturated carbocycles. The van der Waals surface area contributed by atoms with Crippen LogP contribution < -0.4 is 4.90 Å². The van der Waals surface area contributed by atoms with E-state index in [0.29, 0.717) is 18.2 Å². The number of aryl methyl sites for hydroxylation is 1. The third-order valence-corrected chi connectivity index (χ3v) is 4.73. The first-order chi connectivity index (χ1) is 10.5. The molecule has 1 aromatic heterocycles. The zero-order valence-corrected chi connectivity index (χ0v) is 13.8. The first kappa shape index (κ1) is 15.3. The van der Waals surface area contributed by atoms with Gasteiger partial charge in [-0.05, 0) is 37.7 Å². The van der Waals surface area contributed by atoms with Crippen LogP contribution in [0.3, 0.4) is 0 Å². The number of nitrogens with zero attached hydrogens (tertiary/aromatic N) is 4. The highest BCUT2D eigenvalue weighted by Gasteiger charge is 2.35. The van der Waals surface area contributed by atoms with E-state index >= 15 is 0 Å². The van der Waals surface area contributed by atoms with Gasteiger partial charge < -0.3 is 9.80 Å². The quantitative estimate of drug-likeness (QED) is 0.856. The van der Waals surface area contributed by atoms with Crippen LogP contribution in [-0.2, 0) is 4.79 Å². The van der Waals surface area contributed by atoms with Crippen LogP contribution in [0, 0.1) is 18.8 Å². The summed E-state index contributed by atoms with van der Waals surface area (Å²) in [5.41, 5.74) is 0. The summed E-state index contributed by atoms with van der Waals surface area (Å²) in [5.74, 6) is 3.21. The van der Waals surface area contributed by atoms with Crippen molar-refractivity contribution in [1.82, 2.24) is 14.9 Å². The van der Waals surface area contributed by atoms with E-state index in [2.05, 4.69) is 33.6 Å². The molecule has 1 atom stereocenters. The zero-order chi connectivity index (χ0) is 15.7. The van der Waals surface area contributed by atoms with E-state index in [-0.39, 0.29) is 6.04 Å². The third-order valence-electron chi connectivity index (χ3n) is 4.73. The number of hydrogen-bond acceptors (Lipinski definition) is 4. The molecule has 5 heteroatoms. The van der Waals surface area contributed by atoms with Crippen molar-refractivity contribution in [1.29, 1.82) is 0 Å². The predicted octanol–water partition coefficient (Wildman–Crippen LogP) is 2.26.